The first kappa shape index (κ1) is 12.2. The molecule has 1 heterocycles. The van der Waals surface area contributed by atoms with Crippen molar-refractivity contribution in [2.45, 2.75) is 19.9 Å². The van der Waals surface area contributed by atoms with Crippen molar-refractivity contribution < 1.29 is 14.3 Å². The lowest BCUT2D eigenvalue weighted by atomic mass is 10.2. The predicted molar refractivity (Wildman–Crippen MR) is 61.9 cm³/mol. The number of benzene rings is 1. The van der Waals surface area contributed by atoms with Gasteiger partial charge in [-0.1, -0.05) is 24.3 Å². The molecule has 5 nitrogen and oxygen atoms in total. The third-order valence-corrected chi connectivity index (χ3v) is 2.60. The van der Waals surface area contributed by atoms with Crippen molar-refractivity contribution in [1.82, 2.24) is 15.0 Å². The van der Waals surface area contributed by atoms with Crippen LogP contribution in [-0.4, -0.2) is 26.1 Å². The van der Waals surface area contributed by atoms with Crippen LogP contribution >= 0.6 is 0 Å². The average Bonchev–Trinajstić information content (AvgIpc) is 2.72. The number of halogens is 1. The van der Waals surface area contributed by atoms with Gasteiger partial charge in [0.2, 0.25) is 0 Å². The lowest BCUT2D eigenvalue weighted by molar-refractivity contribution is 0.0689. The summed E-state index contributed by atoms with van der Waals surface area (Å²) in [7, 11) is 0. The maximum absolute atomic E-state index is 13.0. The van der Waals surface area contributed by atoms with Crippen LogP contribution in [0.4, 0.5) is 4.39 Å². The van der Waals surface area contributed by atoms with E-state index < -0.39 is 5.97 Å². The second kappa shape index (κ2) is 4.95. The van der Waals surface area contributed by atoms with Gasteiger partial charge in [0.15, 0.2) is 5.69 Å². The van der Waals surface area contributed by atoms with Crippen molar-refractivity contribution in [3.8, 4) is 0 Å². The summed E-state index contributed by atoms with van der Waals surface area (Å²) < 4.78 is 14.5. The molecule has 6 heteroatoms. The summed E-state index contributed by atoms with van der Waals surface area (Å²) >= 11 is 0. The molecule has 1 N–H and O–H groups in total. The van der Waals surface area contributed by atoms with Gasteiger partial charge in [-0.15, -0.1) is 5.10 Å². The Bertz CT molecular complexity index is 580. The fraction of sp³-hybridized carbons (Fsp3) is 0.250. The molecule has 0 aliphatic rings. The highest BCUT2D eigenvalue weighted by atomic mass is 19.1. The Morgan fingerprint density at radius 2 is 2.28 bits per heavy atom. The monoisotopic (exact) mass is 249 g/mol. The summed E-state index contributed by atoms with van der Waals surface area (Å²) in [6.07, 6.45) is 0.504. The smallest absolute Gasteiger partial charge is 0.358 e. The molecule has 18 heavy (non-hydrogen) atoms. The van der Waals surface area contributed by atoms with Gasteiger partial charge >= 0.3 is 5.97 Å². The van der Waals surface area contributed by atoms with Crippen LogP contribution in [0.5, 0.6) is 0 Å². The number of carbonyl (C=O) groups is 1. The van der Waals surface area contributed by atoms with Crippen LogP contribution in [0.15, 0.2) is 24.3 Å². The van der Waals surface area contributed by atoms with Gasteiger partial charge in [-0.05, 0) is 24.1 Å². The fourth-order valence-electron chi connectivity index (χ4n) is 1.78. The van der Waals surface area contributed by atoms with Crippen LogP contribution in [0.25, 0.3) is 0 Å². The van der Waals surface area contributed by atoms with Crippen LogP contribution in [0.2, 0.25) is 0 Å². The maximum Gasteiger partial charge on any atom is 0.358 e. The number of hydrogen-bond acceptors (Lipinski definition) is 3. The molecule has 2 rings (SSSR count). The van der Waals surface area contributed by atoms with Gasteiger partial charge in [-0.3, -0.25) is 0 Å². The molecule has 0 radical (unpaired) electrons. The van der Waals surface area contributed by atoms with Gasteiger partial charge in [-0.25, -0.2) is 13.9 Å². The van der Waals surface area contributed by atoms with E-state index in [4.69, 9.17) is 5.11 Å². The largest absolute Gasteiger partial charge is 0.476 e. The van der Waals surface area contributed by atoms with Gasteiger partial charge in [0.25, 0.3) is 0 Å². The van der Waals surface area contributed by atoms with Crippen molar-refractivity contribution in [3.05, 3.63) is 47.0 Å². The first-order valence-electron chi connectivity index (χ1n) is 5.52. The number of nitrogens with zero attached hydrogens (tertiary/aromatic N) is 3. The van der Waals surface area contributed by atoms with E-state index in [-0.39, 0.29) is 11.5 Å². The Morgan fingerprint density at radius 1 is 1.50 bits per heavy atom. The highest BCUT2D eigenvalue weighted by Gasteiger charge is 2.17. The summed E-state index contributed by atoms with van der Waals surface area (Å²) in [5.41, 5.74) is 1.20. The molecule has 1 aromatic heterocycles. The van der Waals surface area contributed by atoms with Gasteiger partial charge in [-0.2, -0.15) is 0 Å². The minimum atomic E-state index is -1.10. The molecule has 94 valence electrons. The third-order valence-electron chi connectivity index (χ3n) is 2.60. The van der Waals surface area contributed by atoms with Gasteiger partial charge in [0.1, 0.15) is 5.82 Å². The SMILES string of the molecule is CCc1c(C(=O)O)nnn1Cc1cccc(F)c1. The highest BCUT2D eigenvalue weighted by molar-refractivity contribution is 5.86. The number of hydrogen-bond donors (Lipinski definition) is 1. The zero-order valence-electron chi connectivity index (χ0n) is 9.80. The quantitative estimate of drug-likeness (QED) is 0.895. The number of rotatable bonds is 4. The average molecular weight is 249 g/mol. The van der Waals surface area contributed by atoms with Gasteiger partial charge in [0.05, 0.1) is 12.2 Å². The fourth-order valence-corrected chi connectivity index (χ4v) is 1.78. The molecular formula is C12H12FN3O2. The summed E-state index contributed by atoms with van der Waals surface area (Å²) in [6, 6.07) is 6.10. The normalized spacial score (nSPS) is 10.6. The molecular weight excluding hydrogens is 237 g/mol. The van der Waals surface area contributed by atoms with Crippen LogP contribution in [0.3, 0.4) is 0 Å². The first-order valence-corrected chi connectivity index (χ1v) is 5.52. The maximum atomic E-state index is 13.0. The van der Waals surface area contributed by atoms with Gasteiger partial charge < -0.3 is 5.11 Å². The van der Waals surface area contributed by atoms with Crippen LogP contribution in [0, 0.1) is 5.82 Å². The van der Waals surface area contributed by atoms with Crippen molar-refractivity contribution >= 4 is 5.97 Å². The molecule has 0 amide bonds. The topological polar surface area (TPSA) is 68.0 Å². The minimum absolute atomic E-state index is 0.0473. The summed E-state index contributed by atoms with van der Waals surface area (Å²) in [4.78, 5) is 10.9. The zero-order chi connectivity index (χ0) is 13.1. The van der Waals surface area contributed by atoms with E-state index in [9.17, 15) is 9.18 Å². The van der Waals surface area contributed by atoms with Crippen molar-refractivity contribution in [3.63, 3.8) is 0 Å². The molecule has 0 aliphatic carbocycles. The standard InChI is InChI=1S/C12H12FN3O2/c1-2-10-11(12(17)18)14-15-16(10)7-8-4-3-5-9(13)6-8/h3-6H,2,7H2,1H3,(H,17,18). The van der Waals surface area contributed by atoms with Crippen molar-refractivity contribution in [2.24, 2.45) is 0 Å². The van der Waals surface area contributed by atoms with E-state index >= 15 is 0 Å². The number of carboxylic acid groups (broad SMARTS) is 1. The molecule has 0 spiro atoms. The number of carboxylic acids is 1. The Hall–Kier alpha value is -2.24. The van der Waals surface area contributed by atoms with Crippen molar-refractivity contribution in [2.75, 3.05) is 0 Å². The molecule has 1 aromatic carbocycles. The number of aromatic nitrogens is 3. The lowest BCUT2D eigenvalue weighted by Crippen LogP contribution is -2.08. The summed E-state index contributed by atoms with van der Waals surface area (Å²) in [5, 5.41) is 16.4. The Morgan fingerprint density at radius 3 is 2.89 bits per heavy atom. The van der Waals surface area contributed by atoms with Gasteiger partial charge in [0, 0.05) is 0 Å². The van der Waals surface area contributed by atoms with Crippen LogP contribution in [-0.2, 0) is 13.0 Å². The molecule has 2 aromatic rings. The van der Waals surface area contributed by atoms with E-state index in [0.717, 1.165) is 0 Å². The Balaban J connectivity index is 2.32. The minimum Gasteiger partial charge on any atom is -0.476 e. The molecule has 0 atom stereocenters. The first-order chi connectivity index (χ1) is 8.61. The molecule has 0 saturated carbocycles. The third kappa shape index (κ3) is 2.37. The lowest BCUT2D eigenvalue weighted by Gasteiger charge is -2.05. The molecule has 0 fully saturated rings. The van der Waals surface area contributed by atoms with E-state index in [1.54, 1.807) is 12.1 Å². The predicted octanol–water partition coefficient (Wildman–Crippen LogP) is 1.73. The Labute approximate surface area is 103 Å². The molecule has 0 unspecified atom stereocenters. The molecule has 0 bridgehead atoms. The van der Waals surface area contributed by atoms with E-state index in [0.29, 0.717) is 24.2 Å². The van der Waals surface area contributed by atoms with E-state index in [1.807, 2.05) is 6.92 Å². The number of aromatic carboxylic acids is 1. The van der Waals surface area contributed by atoms with Crippen LogP contribution in [0.1, 0.15) is 28.7 Å². The second-order valence-electron chi connectivity index (χ2n) is 3.83. The molecule has 0 aliphatic heterocycles. The summed E-state index contributed by atoms with van der Waals surface area (Å²) in [6.45, 7) is 2.13. The zero-order valence-corrected chi connectivity index (χ0v) is 9.80. The second-order valence-corrected chi connectivity index (χ2v) is 3.83. The van der Waals surface area contributed by atoms with E-state index in [1.165, 1.54) is 16.8 Å². The molecule has 0 saturated heterocycles. The highest BCUT2D eigenvalue weighted by Crippen LogP contribution is 2.11. The van der Waals surface area contributed by atoms with E-state index in [2.05, 4.69) is 10.3 Å². The Kier molecular flexibility index (Phi) is 3.36. The summed E-state index contributed by atoms with van der Waals surface area (Å²) in [5.74, 6) is -1.43. The van der Waals surface area contributed by atoms with Crippen molar-refractivity contribution in [1.29, 1.82) is 0 Å². The van der Waals surface area contributed by atoms with Crippen LogP contribution < -0.4 is 0 Å².